The Morgan fingerprint density at radius 3 is 2.85 bits per heavy atom. The number of H-pyrrole nitrogens is 1. The van der Waals surface area contributed by atoms with Crippen molar-refractivity contribution in [3.05, 3.63) is 72.3 Å². The van der Waals surface area contributed by atoms with Crippen LogP contribution in [0.5, 0.6) is 0 Å². The van der Waals surface area contributed by atoms with E-state index in [1.54, 1.807) is 6.20 Å². The van der Waals surface area contributed by atoms with Gasteiger partial charge in [-0.15, -0.1) is 0 Å². The molecular weight excluding hydrogens is 336 g/mol. The number of rotatable bonds is 2. The molecule has 3 heterocycles. The number of nitrogens with one attached hydrogen (secondary N) is 1. The number of para-hydroxylation sites is 2. The zero-order valence-corrected chi connectivity index (χ0v) is 14.9. The molecule has 5 heteroatoms. The molecule has 1 saturated heterocycles. The molecule has 0 unspecified atom stereocenters. The van der Waals surface area contributed by atoms with Crippen molar-refractivity contribution in [2.75, 3.05) is 13.1 Å². The zero-order valence-electron chi connectivity index (χ0n) is 14.9. The third kappa shape index (κ3) is 2.85. The normalized spacial score (nSPS) is 17.5. The summed E-state index contributed by atoms with van der Waals surface area (Å²) < 4.78 is 0. The lowest BCUT2D eigenvalue weighted by atomic mass is 9.96. The van der Waals surface area contributed by atoms with Gasteiger partial charge in [0.15, 0.2) is 0 Å². The number of benzene rings is 2. The monoisotopic (exact) mass is 356 g/mol. The lowest BCUT2D eigenvalue weighted by Gasteiger charge is -2.31. The minimum Gasteiger partial charge on any atom is -0.342 e. The van der Waals surface area contributed by atoms with Gasteiger partial charge in [0, 0.05) is 30.6 Å². The average Bonchev–Trinajstić information content (AvgIpc) is 3.17. The van der Waals surface area contributed by atoms with Crippen LogP contribution in [0.4, 0.5) is 0 Å². The highest BCUT2D eigenvalue weighted by atomic mass is 16.2. The van der Waals surface area contributed by atoms with Crippen molar-refractivity contribution in [3.63, 3.8) is 0 Å². The van der Waals surface area contributed by atoms with Crippen LogP contribution in [-0.4, -0.2) is 38.8 Å². The standard InChI is InChI=1S/C22H20N4O/c27-22(20-17-8-2-1-6-15(17)11-12-23-20)26-13-5-7-16(14-26)21-24-18-9-3-4-10-19(18)25-21/h1-4,6,8-12,16H,5,7,13-14H2,(H,24,25)/t16-/m1/s1. The highest BCUT2D eigenvalue weighted by molar-refractivity contribution is 6.05. The number of aromatic nitrogens is 3. The highest BCUT2D eigenvalue weighted by Crippen LogP contribution is 2.28. The molecule has 0 saturated carbocycles. The molecule has 2 aromatic heterocycles. The fourth-order valence-corrected chi connectivity index (χ4v) is 3.99. The van der Waals surface area contributed by atoms with Gasteiger partial charge in [-0.05, 0) is 36.4 Å². The van der Waals surface area contributed by atoms with Crippen molar-refractivity contribution < 1.29 is 4.79 Å². The molecule has 4 aromatic rings. The summed E-state index contributed by atoms with van der Waals surface area (Å²) in [4.78, 5) is 27.7. The summed E-state index contributed by atoms with van der Waals surface area (Å²) in [6, 6.07) is 17.9. The van der Waals surface area contributed by atoms with Crippen molar-refractivity contribution in [1.82, 2.24) is 19.9 Å². The van der Waals surface area contributed by atoms with Crippen molar-refractivity contribution in [2.45, 2.75) is 18.8 Å². The molecule has 5 rings (SSSR count). The van der Waals surface area contributed by atoms with E-state index in [4.69, 9.17) is 4.98 Å². The first-order valence-electron chi connectivity index (χ1n) is 9.37. The molecule has 1 aliphatic heterocycles. The van der Waals surface area contributed by atoms with Crippen LogP contribution >= 0.6 is 0 Å². The van der Waals surface area contributed by atoms with Crippen LogP contribution in [0, 0.1) is 0 Å². The van der Waals surface area contributed by atoms with Crippen molar-refractivity contribution in [2.24, 2.45) is 0 Å². The third-order valence-corrected chi connectivity index (χ3v) is 5.38. The number of nitrogens with zero attached hydrogens (tertiary/aromatic N) is 3. The van der Waals surface area contributed by atoms with E-state index in [1.165, 1.54) is 0 Å². The molecule has 1 aliphatic rings. The first-order valence-corrected chi connectivity index (χ1v) is 9.37. The largest absolute Gasteiger partial charge is 0.342 e. The summed E-state index contributed by atoms with van der Waals surface area (Å²) >= 11 is 0. The number of likely N-dealkylation sites (tertiary alicyclic amines) is 1. The fourth-order valence-electron chi connectivity index (χ4n) is 3.99. The van der Waals surface area contributed by atoms with Crippen LogP contribution in [0.2, 0.25) is 0 Å². The van der Waals surface area contributed by atoms with Crippen LogP contribution < -0.4 is 0 Å². The smallest absolute Gasteiger partial charge is 0.273 e. The van der Waals surface area contributed by atoms with Crippen LogP contribution in [0.15, 0.2) is 60.8 Å². The number of carbonyl (C=O) groups excluding carboxylic acids is 1. The molecule has 5 nitrogen and oxygen atoms in total. The van der Waals surface area contributed by atoms with Crippen LogP contribution in [0.3, 0.4) is 0 Å². The molecule has 0 radical (unpaired) electrons. The fraction of sp³-hybridized carbons (Fsp3) is 0.227. The predicted molar refractivity (Wildman–Crippen MR) is 106 cm³/mol. The summed E-state index contributed by atoms with van der Waals surface area (Å²) in [6.07, 6.45) is 3.72. The molecular formula is C22H20N4O. The zero-order chi connectivity index (χ0) is 18.2. The topological polar surface area (TPSA) is 61.9 Å². The second kappa shape index (κ2) is 6.50. The minimum absolute atomic E-state index is 0.00705. The minimum atomic E-state index is 0.00705. The van der Waals surface area contributed by atoms with Gasteiger partial charge in [-0.25, -0.2) is 4.98 Å². The van der Waals surface area contributed by atoms with E-state index in [9.17, 15) is 4.79 Å². The van der Waals surface area contributed by atoms with Gasteiger partial charge in [0.05, 0.1) is 11.0 Å². The molecule has 0 aliphatic carbocycles. The van der Waals surface area contributed by atoms with E-state index < -0.39 is 0 Å². The molecule has 0 bridgehead atoms. The van der Waals surface area contributed by atoms with Gasteiger partial charge >= 0.3 is 0 Å². The Hall–Kier alpha value is -3.21. The molecule has 1 fully saturated rings. The van der Waals surface area contributed by atoms with Crippen molar-refractivity contribution in [3.8, 4) is 0 Å². The van der Waals surface area contributed by atoms with E-state index >= 15 is 0 Å². The van der Waals surface area contributed by atoms with E-state index in [0.29, 0.717) is 12.2 Å². The van der Waals surface area contributed by atoms with E-state index in [-0.39, 0.29) is 11.8 Å². The van der Waals surface area contributed by atoms with Crippen LogP contribution in [0.25, 0.3) is 21.8 Å². The first kappa shape index (κ1) is 16.0. The Morgan fingerprint density at radius 2 is 1.93 bits per heavy atom. The van der Waals surface area contributed by atoms with Crippen molar-refractivity contribution in [1.29, 1.82) is 0 Å². The maximum atomic E-state index is 13.2. The number of aromatic amines is 1. The van der Waals surface area contributed by atoms with Gasteiger partial charge in [0.1, 0.15) is 11.5 Å². The van der Waals surface area contributed by atoms with Crippen molar-refractivity contribution >= 4 is 27.7 Å². The summed E-state index contributed by atoms with van der Waals surface area (Å²) in [5.41, 5.74) is 2.57. The number of fused-ring (bicyclic) bond motifs is 2. The number of amides is 1. The second-order valence-corrected chi connectivity index (χ2v) is 7.11. The highest BCUT2D eigenvalue weighted by Gasteiger charge is 2.28. The number of hydrogen-bond donors (Lipinski definition) is 1. The summed E-state index contributed by atoms with van der Waals surface area (Å²) in [5.74, 6) is 1.21. The number of pyridine rings is 1. The Labute approximate surface area is 157 Å². The molecule has 1 amide bonds. The van der Waals surface area contributed by atoms with E-state index in [2.05, 4.69) is 9.97 Å². The average molecular weight is 356 g/mol. The van der Waals surface area contributed by atoms with Crippen LogP contribution in [0.1, 0.15) is 35.1 Å². The first-order chi connectivity index (χ1) is 13.3. The van der Waals surface area contributed by atoms with Crippen LogP contribution in [-0.2, 0) is 0 Å². The Balaban J connectivity index is 1.44. The van der Waals surface area contributed by atoms with Gasteiger partial charge in [-0.2, -0.15) is 0 Å². The number of piperidine rings is 1. The van der Waals surface area contributed by atoms with Gasteiger partial charge in [0.2, 0.25) is 0 Å². The second-order valence-electron chi connectivity index (χ2n) is 7.11. The molecule has 1 N–H and O–H groups in total. The number of hydrogen-bond acceptors (Lipinski definition) is 3. The lowest BCUT2D eigenvalue weighted by molar-refractivity contribution is 0.0701. The molecule has 1 atom stereocenters. The molecule has 134 valence electrons. The SMILES string of the molecule is O=C(c1nccc2ccccc12)N1CCC[C@@H](c2nc3ccccc3[nH]2)C1. The van der Waals surface area contributed by atoms with E-state index in [1.807, 2.05) is 59.5 Å². The lowest BCUT2D eigenvalue weighted by Crippen LogP contribution is -2.39. The summed E-state index contributed by atoms with van der Waals surface area (Å²) in [7, 11) is 0. The predicted octanol–water partition coefficient (Wildman–Crippen LogP) is 4.13. The molecule has 0 spiro atoms. The van der Waals surface area contributed by atoms with Gasteiger partial charge in [0.25, 0.3) is 5.91 Å². The molecule has 2 aromatic carbocycles. The van der Waals surface area contributed by atoms with Gasteiger partial charge in [-0.1, -0.05) is 36.4 Å². The third-order valence-electron chi connectivity index (χ3n) is 5.38. The van der Waals surface area contributed by atoms with E-state index in [0.717, 1.165) is 47.0 Å². The molecule has 27 heavy (non-hydrogen) atoms. The number of imidazole rings is 1. The summed E-state index contributed by atoms with van der Waals surface area (Å²) in [5, 5.41) is 1.96. The maximum Gasteiger partial charge on any atom is 0.273 e. The Morgan fingerprint density at radius 1 is 1.07 bits per heavy atom. The number of carbonyl (C=O) groups is 1. The summed E-state index contributed by atoms with van der Waals surface area (Å²) in [6.45, 7) is 1.43. The Bertz CT molecular complexity index is 1100. The maximum absolute atomic E-state index is 13.2. The van der Waals surface area contributed by atoms with Gasteiger partial charge < -0.3 is 9.88 Å². The van der Waals surface area contributed by atoms with Gasteiger partial charge in [-0.3, -0.25) is 9.78 Å². The Kier molecular flexibility index (Phi) is 3.85. The quantitative estimate of drug-likeness (QED) is 0.587.